The number of carboxylic acids is 1. The van der Waals surface area contributed by atoms with E-state index in [9.17, 15) is 4.79 Å². The Morgan fingerprint density at radius 2 is 2.59 bits per heavy atom. The highest BCUT2D eigenvalue weighted by molar-refractivity contribution is 7.11. The minimum atomic E-state index is -0.957. The van der Waals surface area contributed by atoms with Crippen LogP contribution in [0.4, 0.5) is 0 Å². The monoisotopic (exact) mass is 256 g/mol. The first-order chi connectivity index (χ1) is 8.15. The number of nitrogens with one attached hydrogen (secondary N) is 1. The summed E-state index contributed by atoms with van der Waals surface area (Å²) in [6, 6.07) is 0.439. The second kappa shape index (κ2) is 5.57. The molecule has 1 aromatic heterocycles. The molecule has 0 aromatic carbocycles. The molecule has 1 aromatic rings. The predicted octanol–water partition coefficient (Wildman–Crippen LogP) is 1.50. The van der Waals surface area contributed by atoms with Crippen LogP contribution in [0.3, 0.4) is 0 Å². The Morgan fingerprint density at radius 3 is 3.24 bits per heavy atom. The molecule has 2 rings (SSSR count). The summed E-state index contributed by atoms with van der Waals surface area (Å²) in [7, 11) is 0. The maximum atomic E-state index is 10.7. The van der Waals surface area contributed by atoms with Gasteiger partial charge in [-0.2, -0.15) is 0 Å². The fourth-order valence-electron chi connectivity index (χ4n) is 1.92. The minimum Gasteiger partial charge on any atom is -0.476 e. The third-order valence-corrected chi connectivity index (χ3v) is 3.67. The summed E-state index contributed by atoms with van der Waals surface area (Å²) in [6.07, 6.45) is 2.29. The Kier molecular flexibility index (Phi) is 4.09. The van der Waals surface area contributed by atoms with Crippen LogP contribution < -0.4 is 5.32 Å². The van der Waals surface area contributed by atoms with Crippen molar-refractivity contribution in [1.82, 2.24) is 10.3 Å². The van der Waals surface area contributed by atoms with Crippen molar-refractivity contribution >= 4 is 17.3 Å². The third kappa shape index (κ3) is 3.49. The summed E-state index contributed by atoms with van der Waals surface area (Å²) in [5.41, 5.74) is 0.798. The zero-order chi connectivity index (χ0) is 12.3. The average Bonchev–Trinajstić information content (AvgIpc) is 2.75. The molecule has 1 aliphatic rings. The lowest BCUT2D eigenvalue weighted by Gasteiger charge is -2.27. The van der Waals surface area contributed by atoms with Gasteiger partial charge in [-0.1, -0.05) is 0 Å². The van der Waals surface area contributed by atoms with Gasteiger partial charge in [0.05, 0.1) is 11.8 Å². The zero-order valence-electron chi connectivity index (χ0n) is 9.68. The van der Waals surface area contributed by atoms with Crippen LogP contribution in [0.25, 0.3) is 0 Å². The van der Waals surface area contributed by atoms with E-state index in [4.69, 9.17) is 9.84 Å². The molecule has 2 atom stereocenters. The standard InChI is InChI=1S/C11H16N2O3S/c1-7-4-8(2-3-16-7)12-5-9-6-17-10(13-9)11(14)15/h6-8,12H,2-5H2,1H3,(H,14,15). The van der Waals surface area contributed by atoms with E-state index in [1.807, 2.05) is 0 Å². The summed E-state index contributed by atoms with van der Waals surface area (Å²) in [4.78, 5) is 14.7. The van der Waals surface area contributed by atoms with Crippen molar-refractivity contribution in [2.75, 3.05) is 6.61 Å². The van der Waals surface area contributed by atoms with E-state index < -0.39 is 5.97 Å². The van der Waals surface area contributed by atoms with Crippen LogP contribution in [-0.4, -0.2) is 34.8 Å². The number of hydrogen-bond donors (Lipinski definition) is 2. The minimum absolute atomic E-state index is 0.155. The molecule has 1 fully saturated rings. The molecule has 5 nitrogen and oxygen atoms in total. The maximum Gasteiger partial charge on any atom is 0.365 e. The molecule has 94 valence electrons. The van der Waals surface area contributed by atoms with Crippen molar-refractivity contribution in [3.63, 3.8) is 0 Å². The van der Waals surface area contributed by atoms with Gasteiger partial charge in [0, 0.05) is 24.6 Å². The number of thiazole rings is 1. The number of carboxylic acid groups (broad SMARTS) is 1. The number of nitrogens with zero attached hydrogens (tertiary/aromatic N) is 1. The van der Waals surface area contributed by atoms with Crippen molar-refractivity contribution in [1.29, 1.82) is 0 Å². The first kappa shape index (κ1) is 12.5. The van der Waals surface area contributed by atoms with Crippen LogP contribution in [0.5, 0.6) is 0 Å². The Balaban J connectivity index is 1.82. The molecule has 6 heteroatoms. The lowest BCUT2D eigenvalue weighted by molar-refractivity contribution is 0.0130. The molecule has 0 radical (unpaired) electrons. The van der Waals surface area contributed by atoms with Gasteiger partial charge in [-0.05, 0) is 19.8 Å². The van der Waals surface area contributed by atoms with Crippen LogP contribution in [0.2, 0.25) is 0 Å². The molecule has 2 N–H and O–H groups in total. The molecule has 0 spiro atoms. The summed E-state index contributed by atoms with van der Waals surface area (Å²) in [5, 5.41) is 14.1. The van der Waals surface area contributed by atoms with Gasteiger partial charge >= 0.3 is 5.97 Å². The zero-order valence-corrected chi connectivity index (χ0v) is 10.5. The van der Waals surface area contributed by atoms with Crippen molar-refractivity contribution in [3.8, 4) is 0 Å². The van der Waals surface area contributed by atoms with Crippen molar-refractivity contribution in [3.05, 3.63) is 16.1 Å². The van der Waals surface area contributed by atoms with Gasteiger partial charge in [-0.25, -0.2) is 9.78 Å². The number of aromatic nitrogens is 1. The van der Waals surface area contributed by atoms with Crippen LogP contribution in [0.15, 0.2) is 5.38 Å². The van der Waals surface area contributed by atoms with Crippen LogP contribution in [0.1, 0.15) is 35.3 Å². The van der Waals surface area contributed by atoms with Gasteiger partial charge < -0.3 is 15.2 Å². The van der Waals surface area contributed by atoms with Gasteiger partial charge in [-0.3, -0.25) is 0 Å². The lowest BCUT2D eigenvalue weighted by atomic mass is 10.0. The molecular formula is C11H16N2O3S. The van der Waals surface area contributed by atoms with Gasteiger partial charge in [0.25, 0.3) is 0 Å². The number of ether oxygens (including phenoxy) is 1. The van der Waals surface area contributed by atoms with Gasteiger partial charge in [-0.15, -0.1) is 11.3 Å². The number of hydrogen-bond acceptors (Lipinski definition) is 5. The molecule has 0 aliphatic carbocycles. The third-order valence-electron chi connectivity index (χ3n) is 2.79. The second-order valence-electron chi connectivity index (χ2n) is 4.23. The smallest absolute Gasteiger partial charge is 0.365 e. The van der Waals surface area contributed by atoms with Gasteiger partial charge in [0.1, 0.15) is 0 Å². The molecule has 1 aliphatic heterocycles. The van der Waals surface area contributed by atoms with Gasteiger partial charge in [0.2, 0.25) is 5.01 Å². The predicted molar refractivity (Wildman–Crippen MR) is 64.3 cm³/mol. The highest BCUT2D eigenvalue weighted by atomic mass is 32.1. The fraction of sp³-hybridized carbons (Fsp3) is 0.636. The van der Waals surface area contributed by atoms with E-state index in [1.165, 1.54) is 11.3 Å². The number of carbonyl (C=O) groups is 1. The highest BCUT2D eigenvalue weighted by Crippen LogP contribution is 2.14. The highest BCUT2D eigenvalue weighted by Gasteiger charge is 2.19. The Labute approximate surface area is 104 Å². The van der Waals surface area contributed by atoms with Gasteiger partial charge in [0.15, 0.2) is 0 Å². The summed E-state index contributed by atoms with van der Waals surface area (Å²) >= 11 is 1.17. The Bertz CT molecular complexity index is 394. The largest absolute Gasteiger partial charge is 0.476 e. The van der Waals surface area contributed by atoms with Crippen LogP contribution in [0, 0.1) is 0 Å². The normalized spacial score (nSPS) is 24.8. The molecular weight excluding hydrogens is 240 g/mol. The van der Waals surface area contributed by atoms with Crippen LogP contribution in [-0.2, 0) is 11.3 Å². The lowest BCUT2D eigenvalue weighted by Crippen LogP contribution is -2.37. The quantitative estimate of drug-likeness (QED) is 0.854. The molecule has 2 unspecified atom stereocenters. The SMILES string of the molecule is CC1CC(NCc2csc(C(=O)O)n2)CCO1. The first-order valence-corrected chi connectivity index (χ1v) is 6.56. The fourth-order valence-corrected chi connectivity index (χ4v) is 2.57. The van der Waals surface area contributed by atoms with Crippen molar-refractivity contribution in [2.24, 2.45) is 0 Å². The molecule has 0 bridgehead atoms. The van der Waals surface area contributed by atoms with Crippen LogP contribution >= 0.6 is 11.3 Å². The molecule has 0 saturated carbocycles. The molecule has 0 amide bonds. The Hall–Kier alpha value is -0.980. The maximum absolute atomic E-state index is 10.7. The van der Waals surface area contributed by atoms with E-state index in [1.54, 1.807) is 5.38 Å². The van der Waals surface area contributed by atoms with E-state index in [-0.39, 0.29) is 5.01 Å². The van der Waals surface area contributed by atoms with E-state index in [0.29, 0.717) is 18.7 Å². The molecule has 17 heavy (non-hydrogen) atoms. The van der Waals surface area contributed by atoms with E-state index in [0.717, 1.165) is 25.1 Å². The number of rotatable bonds is 4. The average molecular weight is 256 g/mol. The summed E-state index contributed by atoms with van der Waals surface area (Å²) in [5.74, 6) is -0.957. The molecule has 1 saturated heterocycles. The van der Waals surface area contributed by atoms with E-state index >= 15 is 0 Å². The number of aromatic carboxylic acids is 1. The summed E-state index contributed by atoms with van der Waals surface area (Å²) in [6.45, 7) is 3.48. The summed E-state index contributed by atoms with van der Waals surface area (Å²) < 4.78 is 5.46. The first-order valence-electron chi connectivity index (χ1n) is 5.68. The van der Waals surface area contributed by atoms with Crippen molar-refractivity contribution in [2.45, 2.75) is 38.5 Å². The Morgan fingerprint density at radius 1 is 1.76 bits per heavy atom. The topological polar surface area (TPSA) is 71.5 Å². The molecule has 2 heterocycles. The van der Waals surface area contributed by atoms with Crippen molar-refractivity contribution < 1.29 is 14.6 Å². The van der Waals surface area contributed by atoms with E-state index in [2.05, 4.69) is 17.2 Å². The second-order valence-corrected chi connectivity index (χ2v) is 5.09.